The zero-order valence-corrected chi connectivity index (χ0v) is 30.7. The van der Waals surface area contributed by atoms with Gasteiger partial charge in [-0.05, 0) is 103 Å². The Morgan fingerprint density at radius 3 is 0.378 bits per heavy atom. The summed E-state index contributed by atoms with van der Waals surface area (Å²) in [7, 11) is 0. The topological polar surface area (TPSA) is 80.9 Å². The van der Waals surface area contributed by atoms with Gasteiger partial charge >= 0.3 is 0 Å². The van der Waals surface area contributed by atoms with Crippen LogP contribution in [0.2, 0.25) is 0 Å². The third-order valence-electron chi connectivity index (χ3n) is 10.2. The summed E-state index contributed by atoms with van der Waals surface area (Å²) in [4.78, 5) is 0. The first kappa shape index (κ1) is 47.3. The van der Waals surface area contributed by atoms with Gasteiger partial charge in [0.2, 0.25) is 0 Å². The van der Waals surface area contributed by atoms with Crippen molar-refractivity contribution >= 4 is 0 Å². The molecule has 0 amide bonds. The Labute approximate surface area is 249 Å². The second-order valence-electron chi connectivity index (χ2n) is 15.2. The van der Waals surface area contributed by atoms with Gasteiger partial charge in [0.05, 0.1) is 22.4 Å². The minimum absolute atomic E-state index is 0. The first-order chi connectivity index (χ1) is 15.2. The van der Waals surface area contributed by atoms with Crippen LogP contribution in [-0.4, -0.2) is 42.8 Å². The summed E-state index contributed by atoms with van der Waals surface area (Å²) in [5.74, 6) is 0. The molecule has 4 N–H and O–H groups in total. The molecule has 0 saturated heterocycles. The van der Waals surface area contributed by atoms with Crippen LogP contribution in [0.5, 0.6) is 0 Å². The van der Waals surface area contributed by atoms with Crippen LogP contribution in [0.4, 0.5) is 0 Å². The van der Waals surface area contributed by atoms with Crippen LogP contribution in [0.1, 0.15) is 164 Å². The molecule has 0 fully saturated rings. The van der Waals surface area contributed by atoms with E-state index in [4.69, 9.17) is 0 Å². The molecule has 0 rings (SSSR count). The van der Waals surface area contributed by atoms with Gasteiger partial charge in [0, 0.05) is 21.7 Å². The molecule has 37 heavy (non-hydrogen) atoms. The predicted octanol–water partition coefficient (Wildman–Crippen LogP) is 8.77. The van der Waals surface area contributed by atoms with Gasteiger partial charge in [-0.25, -0.2) is 0 Å². The average Bonchev–Trinajstić information content (AvgIpc) is 2.65. The fourth-order valence-corrected chi connectivity index (χ4v) is 1.73. The number of rotatable bonds is 8. The maximum atomic E-state index is 9.55. The van der Waals surface area contributed by atoms with E-state index in [1.165, 1.54) is 0 Å². The van der Waals surface area contributed by atoms with Crippen molar-refractivity contribution in [1.82, 2.24) is 0 Å². The minimum atomic E-state index is -0.554. The van der Waals surface area contributed by atoms with E-state index in [0.717, 1.165) is 25.7 Å². The van der Waals surface area contributed by atoms with Gasteiger partial charge in [-0.15, -0.1) is 0 Å². The number of aliphatic hydroxyl groups is 4. The maximum absolute atomic E-state index is 9.55. The smallest absolute Gasteiger partial charge is 0.0642 e. The molecule has 228 valence electrons. The Balaban J connectivity index is -0.000000122. The van der Waals surface area contributed by atoms with Crippen LogP contribution in [-0.2, 0) is 21.7 Å². The average molecular weight is 569 g/mol. The molecule has 0 aliphatic rings. The predicted molar refractivity (Wildman–Crippen MR) is 161 cm³/mol. The van der Waals surface area contributed by atoms with Crippen molar-refractivity contribution in [1.29, 1.82) is 0 Å². The zero-order chi connectivity index (χ0) is 30.8. The minimum Gasteiger partial charge on any atom is -0.390 e. The van der Waals surface area contributed by atoms with Crippen molar-refractivity contribution in [3.8, 4) is 0 Å². The maximum Gasteiger partial charge on any atom is 0.0642 e. The Bertz CT molecular complexity index is 460. The molecule has 0 radical (unpaired) electrons. The van der Waals surface area contributed by atoms with Crippen molar-refractivity contribution in [2.75, 3.05) is 0 Å². The molecule has 0 atom stereocenters. The quantitative estimate of drug-likeness (QED) is 0.221. The van der Waals surface area contributed by atoms with Gasteiger partial charge in [0.25, 0.3) is 0 Å². The van der Waals surface area contributed by atoms with E-state index in [1.54, 1.807) is 0 Å². The van der Waals surface area contributed by atoms with Gasteiger partial charge in [-0.3, -0.25) is 0 Å². The van der Waals surface area contributed by atoms with Gasteiger partial charge in [-0.1, -0.05) is 83.1 Å². The molecule has 0 aromatic carbocycles. The normalized spacial score (nSPS) is 13.6. The molecule has 0 aliphatic heterocycles. The van der Waals surface area contributed by atoms with Gasteiger partial charge in [0.15, 0.2) is 0 Å². The molecule has 0 unspecified atom stereocenters. The van der Waals surface area contributed by atoms with E-state index in [0.29, 0.717) is 0 Å². The Morgan fingerprint density at radius 2 is 0.378 bits per heavy atom. The fourth-order valence-electron chi connectivity index (χ4n) is 1.73. The second kappa shape index (κ2) is 16.7. The van der Waals surface area contributed by atoms with Crippen LogP contribution >= 0.6 is 0 Å². The Kier molecular flexibility index (Phi) is 21.4. The molecule has 4 nitrogen and oxygen atoms in total. The van der Waals surface area contributed by atoms with Crippen LogP contribution in [0, 0.1) is 21.7 Å². The molecular formula is C32H72O4Ti. The second-order valence-corrected chi connectivity index (χ2v) is 15.2. The van der Waals surface area contributed by atoms with Crippen molar-refractivity contribution in [3.63, 3.8) is 0 Å². The van der Waals surface area contributed by atoms with E-state index in [1.807, 2.05) is 55.4 Å². The third-order valence-corrected chi connectivity index (χ3v) is 10.2. The molecule has 0 bridgehead atoms. The summed E-state index contributed by atoms with van der Waals surface area (Å²) in [5.41, 5.74) is -2.08. The summed E-state index contributed by atoms with van der Waals surface area (Å²) < 4.78 is 0. The molecule has 0 saturated carbocycles. The molecule has 0 aromatic heterocycles. The van der Waals surface area contributed by atoms with Crippen molar-refractivity contribution in [3.05, 3.63) is 0 Å². The third kappa shape index (κ3) is 18.5. The van der Waals surface area contributed by atoms with E-state index in [9.17, 15) is 20.4 Å². The Morgan fingerprint density at radius 1 is 0.297 bits per heavy atom. The number of hydrogen-bond acceptors (Lipinski definition) is 4. The number of hydrogen-bond donors (Lipinski definition) is 4. The van der Waals surface area contributed by atoms with Crippen molar-refractivity contribution < 1.29 is 42.1 Å². The standard InChI is InChI=1S/4C8H18O.Ti/c4*1-6-7(2,3)8(4,5)9;/h4*9H,6H2,1-5H3;. The monoisotopic (exact) mass is 568 g/mol. The summed E-state index contributed by atoms with van der Waals surface area (Å²) in [6.45, 7) is 39.9. The van der Waals surface area contributed by atoms with Gasteiger partial charge in [0.1, 0.15) is 0 Å². The Hall–Kier alpha value is 0.554. The first-order valence-electron chi connectivity index (χ1n) is 14.1. The zero-order valence-electron chi connectivity index (χ0n) is 29.1. The van der Waals surface area contributed by atoms with E-state index < -0.39 is 22.4 Å². The van der Waals surface area contributed by atoms with E-state index >= 15 is 0 Å². The fraction of sp³-hybridized carbons (Fsp3) is 1.00. The largest absolute Gasteiger partial charge is 0.390 e. The molecular weight excluding hydrogens is 496 g/mol. The van der Waals surface area contributed by atoms with Crippen LogP contribution in [0.25, 0.3) is 0 Å². The summed E-state index contributed by atoms with van der Waals surface area (Å²) in [6.07, 6.45) is 4.04. The SMILES string of the molecule is CCC(C)(C)C(C)(C)O.CCC(C)(C)C(C)(C)O.CCC(C)(C)C(C)(C)O.CCC(C)(C)C(C)(C)O.[Ti]. The summed E-state index contributed by atoms with van der Waals surface area (Å²) >= 11 is 0. The first-order valence-corrected chi connectivity index (χ1v) is 14.1. The summed E-state index contributed by atoms with van der Waals surface area (Å²) in [5, 5.41) is 38.2. The van der Waals surface area contributed by atoms with Crippen molar-refractivity contribution in [2.24, 2.45) is 21.7 Å². The van der Waals surface area contributed by atoms with Crippen LogP contribution in [0.3, 0.4) is 0 Å². The van der Waals surface area contributed by atoms with Crippen molar-refractivity contribution in [2.45, 2.75) is 187 Å². The molecule has 0 spiro atoms. The molecule has 0 aromatic rings. The van der Waals surface area contributed by atoms with E-state index in [-0.39, 0.29) is 43.4 Å². The molecule has 5 heteroatoms. The molecule has 0 aliphatic carbocycles. The van der Waals surface area contributed by atoms with Gasteiger partial charge < -0.3 is 20.4 Å². The van der Waals surface area contributed by atoms with Crippen LogP contribution in [0.15, 0.2) is 0 Å². The summed E-state index contributed by atoms with van der Waals surface area (Å²) in [6, 6.07) is 0. The van der Waals surface area contributed by atoms with Gasteiger partial charge in [-0.2, -0.15) is 0 Å². The molecule has 0 heterocycles. The van der Waals surface area contributed by atoms with E-state index in [2.05, 4.69) is 83.1 Å². The van der Waals surface area contributed by atoms with Crippen LogP contribution < -0.4 is 0 Å².